The second-order valence-electron chi connectivity index (χ2n) is 6.48. The minimum Gasteiger partial charge on any atom is -0.392 e. The minimum atomic E-state index is -0.0823. The van der Waals surface area contributed by atoms with Crippen LogP contribution in [0.5, 0.6) is 0 Å². The van der Waals surface area contributed by atoms with Gasteiger partial charge in [0.1, 0.15) is 0 Å². The van der Waals surface area contributed by atoms with E-state index < -0.39 is 0 Å². The second kappa shape index (κ2) is 5.18. The molecule has 1 saturated heterocycles. The lowest BCUT2D eigenvalue weighted by atomic mass is 9.74. The lowest BCUT2D eigenvalue weighted by Gasteiger charge is -2.34. The monoisotopic (exact) mass is 247 g/mol. The van der Waals surface area contributed by atoms with Crippen LogP contribution in [0, 0.1) is 11.8 Å². The first-order valence-electron chi connectivity index (χ1n) is 7.43. The Hall–Kier alpha value is -0.600. The van der Waals surface area contributed by atoms with Crippen molar-refractivity contribution in [1.82, 2.24) is 4.90 Å². The molecule has 0 amide bonds. The van der Waals surface area contributed by atoms with E-state index in [2.05, 4.69) is 24.1 Å². The van der Waals surface area contributed by atoms with Gasteiger partial charge in [-0.1, -0.05) is 23.3 Å². The summed E-state index contributed by atoms with van der Waals surface area (Å²) in [5.41, 5.74) is 3.17. The lowest BCUT2D eigenvalue weighted by Crippen LogP contribution is -2.29. The van der Waals surface area contributed by atoms with Crippen molar-refractivity contribution in [3.63, 3.8) is 0 Å². The van der Waals surface area contributed by atoms with E-state index in [1.165, 1.54) is 31.5 Å². The van der Waals surface area contributed by atoms with Crippen LogP contribution in [0.1, 0.15) is 38.5 Å². The van der Waals surface area contributed by atoms with Gasteiger partial charge in [-0.3, -0.25) is 0 Å². The predicted molar refractivity (Wildman–Crippen MR) is 74.4 cm³/mol. The van der Waals surface area contributed by atoms with Crippen molar-refractivity contribution in [2.75, 3.05) is 20.1 Å². The van der Waals surface area contributed by atoms with E-state index in [1.807, 2.05) is 0 Å². The first-order valence-corrected chi connectivity index (χ1v) is 7.43. The van der Waals surface area contributed by atoms with Crippen molar-refractivity contribution >= 4 is 0 Å². The second-order valence-corrected chi connectivity index (χ2v) is 6.48. The van der Waals surface area contributed by atoms with E-state index in [0.717, 1.165) is 31.6 Å². The highest BCUT2D eigenvalue weighted by Crippen LogP contribution is 2.39. The third-order valence-electron chi connectivity index (χ3n) is 5.03. The van der Waals surface area contributed by atoms with Gasteiger partial charge in [0.2, 0.25) is 0 Å². The molecule has 0 saturated carbocycles. The highest BCUT2D eigenvalue weighted by molar-refractivity contribution is 5.27. The largest absolute Gasteiger partial charge is 0.392 e. The lowest BCUT2D eigenvalue weighted by molar-refractivity contribution is 0.0837. The minimum absolute atomic E-state index is 0.0823. The number of aliphatic hydroxyl groups is 1. The van der Waals surface area contributed by atoms with Crippen LogP contribution in [0.2, 0.25) is 0 Å². The Morgan fingerprint density at radius 3 is 2.61 bits per heavy atom. The normalized spacial score (nSPS) is 37.1. The summed E-state index contributed by atoms with van der Waals surface area (Å²) in [5.74, 6) is 1.34. The van der Waals surface area contributed by atoms with E-state index in [0.29, 0.717) is 5.92 Å². The van der Waals surface area contributed by atoms with Crippen molar-refractivity contribution < 1.29 is 5.11 Å². The van der Waals surface area contributed by atoms with Crippen LogP contribution in [0.3, 0.4) is 0 Å². The van der Waals surface area contributed by atoms with E-state index in [4.69, 9.17) is 0 Å². The van der Waals surface area contributed by atoms with Gasteiger partial charge in [0.15, 0.2) is 0 Å². The van der Waals surface area contributed by atoms with Gasteiger partial charge in [-0.25, -0.2) is 0 Å². The van der Waals surface area contributed by atoms with Crippen LogP contribution >= 0.6 is 0 Å². The number of aliphatic hydroxyl groups excluding tert-OH is 1. The fourth-order valence-electron chi connectivity index (χ4n) is 3.95. The van der Waals surface area contributed by atoms with Crippen LogP contribution in [0.15, 0.2) is 23.3 Å². The third-order valence-corrected chi connectivity index (χ3v) is 5.03. The average molecular weight is 247 g/mol. The maximum atomic E-state index is 10.4. The molecule has 0 aromatic carbocycles. The molecule has 100 valence electrons. The summed E-state index contributed by atoms with van der Waals surface area (Å²) in [7, 11) is 2.21. The molecule has 0 aromatic heterocycles. The Balaban J connectivity index is 1.62. The highest BCUT2D eigenvalue weighted by Gasteiger charge is 2.32. The van der Waals surface area contributed by atoms with E-state index in [1.54, 1.807) is 5.57 Å². The van der Waals surface area contributed by atoms with Gasteiger partial charge >= 0.3 is 0 Å². The van der Waals surface area contributed by atoms with Crippen LogP contribution in [-0.4, -0.2) is 36.2 Å². The van der Waals surface area contributed by atoms with Crippen molar-refractivity contribution in [3.05, 3.63) is 23.3 Å². The number of rotatable bonds is 2. The molecule has 1 heterocycles. The molecule has 0 spiro atoms. The smallest absolute Gasteiger partial charge is 0.0608 e. The molecule has 2 heteroatoms. The van der Waals surface area contributed by atoms with E-state index in [9.17, 15) is 5.11 Å². The Morgan fingerprint density at radius 1 is 1.22 bits per heavy atom. The summed E-state index contributed by atoms with van der Waals surface area (Å²) in [6, 6.07) is 0. The molecule has 1 N–H and O–H groups in total. The number of hydrogen-bond acceptors (Lipinski definition) is 2. The zero-order valence-electron chi connectivity index (χ0n) is 11.4. The molecule has 2 aliphatic carbocycles. The predicted octanol–water partition coefficient (Wildman–Crippen LogP) is 2.75. The molecule has 18 heavy (non-hydrogen) atoms. The maximum absolute atomic E-state index is 10.4. The molecule has 1 unspecified atom stereocenters. The summed E-state index contributed by atoms with van der Waals surface area (Å²) >= 11 is 0. The SMILES string of the molecule is CN1CCC(C[C@@H]2CC3=C(CC=CC3)C[C@H]2O)C1. The van der Waals surface area contributed by atoms with Gasteiger partial charge in [-0.05, 0) is 64.0 Å². The van der Waals surface area contributed by atoms with Crippen molar-refractivity contribution in [1.29, 1.82) is 0 Å². The Bertz CT molecular complexity index is 371. The summed E-state index contributed by atoms with van der Waals surface area (Å²) < 4.78 is 0. The first kappa shape index (κ1) is 12.4. The number of allylic oxidation sites excluding steroid dienone is 3. The Morgan fingerprint density at radius 2 is 1.94 bits per heavy atom. The zero-order valence-corrected chi connectivity index (χ0v) is 11.4. The zero-order chi connectivity index (χ0) is 12.5. The topological polar surface area (TPSA) is 23.5 Å². The first-order chi connectivity index (χ1) is 8.72. The van der Waals surface area contributed by atoms with E-state index in [-0.39, 0.29) is 6.10 Å². The van der Waals surface area contributed by atoms with Gasteiger partial charge in [-0.15, -0.1) is 0 Å². The summed E-state index contributed by atoms with van der Waals surface area (Å²) in [6.07, 6.45) is 11.4. The maximum Gasteiger partial charge on any atom is 0.0608 e. The van der Waals surface area contributed by atoms with Gasteiger partial charge in [-0.2, -0.15) is 0 Å². The summed E-state index contributed by atoms with van der Waals surface area (Å²) in [5, 5.41) is 10.4. The van der Waals surface area contributed by atoms with Crippen molar-refractivity contribution in [2.24, 2.45) is 11.8 Å². The molecule has 0 aromatic rings. The van der Waals surface area contributed by atoms with Gasteiger partial charge in [0.25, 0.3) is 0 Å². The molecule has 0 radical (unpaired) electrons. The Labute approximate surface area is 110 Å². The molecule has 0 bridgehead atoms. The molecule has 3 rings (SSSR count). The summed E-state index contributed by atoms with van der Waals surface area (Å²) in [6.45, 7) is 2.47. The number of nitrogens with zero attached hydrogens (tertiary/aromatic N) is 1. The fourth-order valence-corrected chi connectivity index (χ4v) is 3.95. The van der Waals surface area contributed by atoms with Crippen LogP contribution in [0.4, 0.5) is 0 Å². The van der Waals surface area contributed by atoms with Crippen LogP contribution in [0.25, 0.3) is 0 Å². The Kier molecular flexibility index (Phi) is 3.58. The number of likely N-dealkylation sites (tertiary alicyclic amines) is 1. The molecule has 3 aliphatic rings. The molecule has 1 aliphatic heterocycles. The van der Waals surface area contributed by atoms with Gasteiger partial charge < -0.3 is 10.0 Å². The van der Waals surface area contributed by atoms with Gasteiger partial charge in [0.05, 0.1) is 6.10 Å². The number of hydrogen-bond donors (Lipinski definition) is 1. The quantitative estimate of drug-likeness (QED) is 0.758. The molecule has 2 nitrogen and oxygen atoms in total. The van der Waals surface area contributed by atoms with Gasteiger partial charge in [0, 0.05) is 6.54 Å². The van der Waals surface area contributed by atoms with E-state index >= 15 is 0 Å². The molecular weight excluding hydrogens is 222 g/mol. The average Bonchev–Trinajstić information content (AvgIpc) is 2.76. The standard InChI is InChI=1S/C16H25NO/c1-17-7-6-12(11-17)8-15-9-13-4-2-3-5-14(13)10-16(15)18/h2-3,12,15-16,18H,4-11H2,1H3/t12?,15-,16-/m1/s1. The van der Waals surface area contributed by atoms with Crippen molar-refractivity contribution in [2.45, 2.75) is 44.6 Å². The van der Waals surface area contributed by atoms with Crippen molar-refractivity contribution in [3.8, 4) is 0 Å². The van der Waals surface area contributed by atoms with Crippen LogP contribution < -0.4 is 0 Å². The van der Waals surface area contributed by atoms with Crippen LogP contribution in [-0.2, 0) is 0 Å². The molecule has 3 atom stereocenters. The molecular formula is C16H25NO. The highest BCUT2D eigenvalue weighted by atomic mass is 16.3. The third kappa shape index (κ3) is 2.55. The molecule has 1 fully saturated rings. The fraction of sp³-hybridized carbons (Fsp3) is 0.750. The summed E-state index contributed by atoms with van der Waals surface area (Å²) in [4.78, 5) is 2.42.